The molecule has 14 rings (SSSR count). The number of benzene rings is 11. The number of fused-ring (bicyclic) bond motifs is 13. The molecular weight excluding hydrogens is 859 g/mol. The number of hydrogen-bond acceptors (Lipinski definition) is 2. The zero-order valence-corrected chi connectivity index (χ0v) is 39.2. The quantitative estimate of drug-likeness (QED) is 0.151. The molecule has 0 fully saturated rings. The van der Waals surface area contributed by atoms with Gasteiger partial charge in [-0.3, -0.25) is 0 Å². The molecule has 1 atom stereocenters. The molecule has 1 unspecified atom stereocenters. The van der Waals surface area contributed by atoms with Crippen molar-refractivity contribution in [2.45, 2.75) is 5.41 Å². The maximum Gasteiger partial charge on any atom is 0.0727 e. The first-order chi connectivity index (χ1) is 35.1. The Kier molecular flexibility index (Phi) is 9.33. The SMILES string of the molecule is Cn1c2ccccc2c2ccc(N(c3ccccc3)c3ccc4c(c3)C3(c5ccccc5-4)c4ccccc4-c4cc(-c5ccc(-c6ccccc6)cc5)c(N(c5ccccc5)c5ccccc5)cc43)cc21. The molecule has 2 aliphatic rings. The van der Waals surface area contributed by atoms with E-state index in [1.54, 1.807) is 0 Å². The third kappa shape index (κ3) is 6.23. The summed E-state index contributed by atoms with van der Waals surface area (Å²) in [6.07, 6.45) is 0. The molecular formula is C68H47N3. The molecule has 3 nitrogen and oxygen atoms in total. The topological polar surface area (TPSA) is 11.4 Å². The first kappa shape index (κ1) is 40.8. The highest BCUT2D eigenvalue weighted by Crippen LogP contribution is 2.65. The van der Waals surface area contributed by atoms with E-state index in [2.05, 4.69) is 288 Å². The van der Waals surface area contributed by atoms with Crippen LogP contribution in [-0.4, -0.2) is 4.57 Å². The Morgan fingerprint density at radius 2 is 0.746 bits per heavy atom. The molecule has 71 heavy (non-hydrogen) atoms. The fraction of sp³-hybridized carbons (Fsp3) is 0.0294. The van der Waals surface area contributed by atoms with E-state index in [4.69, 9.17) is 0 Å². The van der Waals surface area contributed by atoms with Crippen molar-refractivity contribution in [3.63, 3.8) is 0 Å². The lowest BCUT2D eigenvalue weighted by Crippen LogP contribution is -2.26. The van der Waals surface area contributed by atoms with E-state index < -0.39 is 5.41 Å². The van der Waals surface area contributed by atoms with E-state index in [0.717, 1.165) is 39.7 Å². The maximum absolute atomic E-state index is 2.54. The lowest BCUT2D eigenvalue weighted by Gasteiger charge is -2.34. The molecule has 0 amide bonds. The van der Waals surface area contributed by atoms with Crippen molar-refractivity contribution < 1.29 is 0 Å². The van der Waals surface area contributed by atoms with Crippen LogP contribution < -0.4 is 9.80 Å². The van der Waals surface area contributed by atoms with Crippen molar-refractivity contribution in [2.24, 2.45) is 7.05 Å². The van der Waals surface area contributed by atoms with Crippen LogP contribution in [0.5, 0.6) is 0 Å². The molecule has 0 saturated heterocycles. The van der Waals surface area contributed by atoms with E-state index in [1.807, 2.05) is 0 Å². The number of aryl methyl sites for hydroxylation is 1. The fourth-order valence-corrected chi connectivity index (χ4v) is 12.1. The fourth-order valence-electron chi connectivity index (χ4n) is 12.1. The molecule has 0 bridgehead atoms. The van der Waals surface area contributed by atoms with Crippen LogP contribution in [0.3, 0.4) is 0 Å². The summed E-state index contributed by atoms with van der Waals surface area (Å²) in [5, 5.41) is 2.52. The largest absolute Gasteiger partial charge is 0.344 e. The minimum absolute atomic E-state index is 0.625. The second-order valence-corrected chi connectivity index (χ2v) is 18.9. The van der Waals surface area contributed by atoms with Crippen LogP contribution in [0.15, 0.2) is 267 Å². The van der Waals surface area contributed by atoms with Crippen molar-refractivity contribution in [3.8, 4) is 44.5 Å². The van der Waals surface area contributed by atoms with Crippen LogP contribution in [0.1, 0.15) is 22.3 Å². The first-order valence-corrected chi connectivity index (χ1v) is 24.6. The van der Waals surface area contributed by atoms with Crippen LogP contribution in [0.25, 0.3) is 66.3 Å². The van der Waals surface area contributed by atoms with Crippen LogP contribution in [0.2, 0.25) is 0 Å². The molecule has 1 spiro atoms. The molecule has 334 valence electrons. The highest BCUT2D eigenvalue weighted by atomic mass is 15.2. The van der Waals surface area contributed by atoms with Crippen LogP contribution in [0, 0.1) is 0 Å². The lowest BCUT2D eigenvalue weighted by molar-refractivity contribution is 0.793. The van der Waals surface area contributed by atoms with Gasteiger partial charge in [0.05, 0.1) is 16.6 Å². The Morgan fingerprint density at radius 1 is 0.282 bits per heavy atom. The molecule has 2 aliphatic carbocycles. The number of hydrogen-bond donors (Lipinski definition) is 0. The second-order valence-electron chi connectivity index (χ2n) is 18.9. The molecule has 0 N–H and O–H groups in total. The Morgan fingerprint density at radius 3 is 1.41 bits per heavy atom. The number of rotatable bonds is 8. The summed E-state index contributed by atoms with van der Waals surface area (Å²) in [5.74, 6) is 0. The standard InChI is InChI=1S/C68H47N3/c1-69-65-33-19-16-30-57(65)58-41-39-53(43-66(58)69)70(49-22-8-3-9-23-49)52-38-40-56-54-28-14-17-31-61(54)68(63(56)42-52)62-32-18-15-29-55(62)60-44-59(48-36-34-47(35-37-48)46-20-6-2-7-21-46)67(45-64(60)68)71(50-24-10-4-11-25-50)51-26-12-5-13-27-51/h2-45H,1H3. The Labute approximate surface area is 414 Å². The summed E-state index contributed by atoms with van der Waals surface area (Å²) in [6.45, 7) is 0. The molecule has 12 aromatic rings. The second kappa shape index (κ2) is 16.2. The molecule has 1 heterocycles. The molecule has 0 aliphatic heterocycles. The van der Waals surface area contributed by atoms with Gasteiger partial charge < -0.3 is 14.4 Å². The molecule has 0 radical (unpaired) electrons. The van der Waals surface area contributed by atoms with Crippen LogP contribution in [0.4, 0.5) is 34.1 Å². The highest BCUT2D eigenvalue weighted by molar-refractivity contribution is 6.09. The van der Waals surface area contributed by atoms with Gasteiger partial charge in [-0.05, 0) is 140 Å². The summed E-state index contributed by atoms with van der Waals surface area (Å²) >= 11 is 0. The first-order valence-electron chi connectivity index (χ1n) is 24.6. The summed E-state index contributed by atoms with van der Waals surface area (Å²) in [5.41, 5.74) is 23.4. The zero-order chi connectivity index (χ0) is 47.0. The highest BCUT2D eigenvalue weighted by Gasteiger charge is 2.52. The van der Waals surface area contributed by atoms with E-state index in [0.29, 0.717) is 0 Å². The summed E-state index contributed by atoms with van der Waals surface area (Å²) in [7, 11) is 2.18. The van der Waals surface area contributed by atoms with Gasteiger partial charge in [0, 0.05) is 57.3 Å². The predicted octanol–water partition coefficient (Wildman–Crippen LogP) is 17.9. The van der Waals surface area contributed by atoms with Crippen molar-refractivity contribution >= 4 is 55.9 Å². The van der Waals surface area contributed by atoms with Gasteiger partial charge in [-0.25, -0.2) is 0 Å². The smallest absolute Gasteiger partial charge is 0.0727 e. The number of aromatic nitrogens is 1. The van der Waals surface area contributed by atoms with Gasteiger partial charge in [-0.15, -0.1) is 0 Å². The van der Waals surface area contributed by atoms with Crippen molar-refractivity contribution in [2.75, 3.05) is 9.80 Å². The average Bonchev–Trinajstić information content (AvgIpc) is 4.02. The Bertz CT molecular complexity index is 3950. The zero-order valence-electron chi connectivity index (χ0n) is 39.2. The van der Waals surface area contributed by atoms with Gasteiger partial charge in [0.1, 0.15) is 0 Å². The van der Waals surface area contributed by atoms with E-state index >= 15 is 0 Å². The molecule has 0 saturated carbocycles. The van der Waals surface area contributed by atoms with Gasteiger partial charge in [0.25, 0.3) is 0 Å². The summed E-state index contributed by atoms with van der Waals surface area (Å²) in [4.78, 5) is 4.89. The van der Waals surface area contributed by atoms with Crippen molar-refractivity contribution in [1.29, 1.82) is 0 Å². The van der Waals surface area contributed by atoms with E-state index in [9.17, 15) is 0 Å². The number of para-hydroxylation sites is 4. The van der Waals surface area contributed by atoms with E-state index in [-0.39, 0.29) is 0 Å². The monoisotopic (exact) mass is 905 g/mol. The predicted molar refractivity (Wildman–Crippen MR) is 297 cm³/mol. The number of nitrogens with zero attached hydrogens (tertiary/aromatic N) is 3. The third-order valence-corrected chi connectivity index (χ3v) is 15.2. The van der Waals surface area contributed by atoms with Gasteiger partial charge in [-0.2, -0.15) is 0 Å². The van der Waals surface area contributed by atoms with Crippen LogP contribution >= 0.6 is 0 Å². The van der Waals surface area contributed by atoms with Crippen LogP contribution in [-0.2, 0) is 12.5 Å². The van der Waals surface area contributed by atoms with E-state index in [1.165, 1.54) is 83.0 Å². The average molecular weight is 906 g/mol. The lowest BCUT2D eigenvalue weighted by atomic mass is 9.70. The minimum atomic E-state index is -0.625. The molecule has 11 aromatic carbocycles. The normalized spacial score (nSPS) is 14.0. The summed E-state index contributed by atoms with van der Waals surface area (Å²) in [6, 6.07) is 98.6. The van der Waals surface area contributed by atoms with Crippen molar-refractivity contribution in [3.05, 3.63) is 289 Å². The summed E-state index contributed by atoms with van der Waals surface area (Å²) < 4.78 is 2.33. The van der Waals surface area contributed by atoms with Crippen molar-refractivity contribution in [1.82, 2.24) is 4.57 Å². The third-order valence-electron chi connectivity index (χ3n) is 15.2. The Hall–Kier alpha value is -9.18. The Balaban J connectivity index is 1.04. The molecule has 1 aromatic heterocycles. The molecule has 3 heteroatoms. The number of anilines is 6. The van der Waals surface area contributed by atoms with Gasteiger partial charge in [0.2, 0.25) is 0 Å². The van der Waals surface area contributed by atoms with Gasteiger partial charge in [0.15, 0.2) is 0 Å². The maximum atomic E-state index is 2.54. The minimum Gasteiger partial charge on any atom is -0.344 e. The van der Waals surface area contributed by atoms with Gasteiger partial charge >= 0.3 is 0 Å². The van der Waals surface area contributed by atoms with Gasteiger partial charge in [-0.1, -0.05) is 188 Å².